The van der Waals surface area contributed by atoms with Gasteiger partial charge in [0.05, 0.1) is 0 Å². The number of amides is 1. The number of likely N-dealkylation sites (tertiary alicyclic amines) is 1. The van der Waals surface area contributed by atoms with Crippen molar-refractivity contribution in [1.82, 2.24) is 25.3 Å². The molecule has 2 aliphatic heterocycles. The molecule has 2 saturated heterocycles. The standard InChI is InChI=1S/C20H40N6O/c1-5-24-12-14-25(15-13-24)10-7-6-9-22-20(21-4)23-18-8-11-26(16-18)19(27)17(2)3/h17-18H,5-16H2,1-4H3,(H2,21,22,23). The zero-order chi connectivity index (χ0) is 19.6. The quantitative estimate of drug-likeness (QED) is 0.371. The van der Waals surface area contributed by atoms with Crippen LogP contribution in [0.5, 0.6) is 0 Å². The molecule has 0 saturated carbocycles. The van der Waals surface area contributed by atoms with Gasteiger partial charge in [0.2, 0.25) is 5.91 Å². The number of hydrogen-bond donors (Lipinski definition) is 2. The number of unbranched alkanes of at least 4 members (excludes halogenated alkanes) is 1. The number of carbonyl (C=O) groups is 1. The highest BCUT2D eigenvalue weighted by Gasteiger charge is 2.27. The molecule has 0 aromatic heterocycles. The van der Waals surface area contributed by atoms with Crippen molar-refractivity contribution >= 4 is 11.9 Å². The molecule has 0 radical (unpaired) electrons. The van der Waals surface area contributed by atoms with Crippen molar-refractivity contribution in [2.24, 2.45) is 10.9 Å². The Morgan fingerprint density at radius 1 is 1.11 bits per heavy atom. The van der Waals surface area contributed by atoms with Crippen LogP contribution in [-0.4, -0.2) is 98.6 Å². The van der Waals surface area contributed by atoms with Crippen LogP contribution in [0, 0.1) is 5.92 Å². The summed E-state index contributed by atoms with van der Waals surface area (Å²) >= 11 is 0. The number of carbonyl (C=O) groups excluding carboxylic acids is 1. The summed E-state index contributed by atoms with van der Waals surface area (Å²) in [4.78, 5) is 23.5. The molecule has 1 amide bonds. The second kappa shape index (κ2) is 11.5. The largest absolute Gasteiger partial charge is 0.356 e. The van der Waals surface area contributed by atoms with E-state index in [1.807, 2.05) is 25.8 Å². The van der Waals surface area contributed by atoms with Gasteiger partial charge in [-0.3, -0.25) is 9.79 Å². The second-order valence-electron chi connectivity index (χ2n) is 8.05. The Hall–Kier alpha value is -1.34. The van der Waals surface area contributed by atoms with E-state index in [0.29, 0.717) is 6.04 Å². The molecule has 27 heavy (non-hydrogen) atoms. The molecule has 0 aromatic carbocycles. The lowest BCUT2D eigenvalue weighted by Gasteiger charge is -2.34. The lowest BCUT2D eigenvalue weighted by atomic mass is 10.2. The molecule has 7 heteroatoms. The summed E-state index contributed by atoms with van der Waals surface area (Å²) in [5, 5.41) is 6.90. The molecule has 0 spiro atoms. The number of rotatable bonds is 8. The fourth-order valence-corrected chi connectivity index (χ4v) is 3.83. The number of piperazine rings is 1. The molecule has 7 nitrogen and oxygen atoms in total. The molecule has 156 valence electrons. The van der Waals surface area contributed by atoms with E-state index in [2.05, 4.69) is 32.3 Å². The number of likely N-dealkylation sites (N-methyl/N-ethyl adjacent to an activating group) is 1. The van der Waals surface area contributed by atoms with Gasteiger partial charge in [0.25, 0.3) is 0 Å². The topological polar surface area (TPSA) is 63.2 Å². The molecule has 2 rings (SSSR count). The van der Waals surface area contributed by atoms with Crippen LogP contribution < -0.4 is 10.6 Å². The molecular weight excluding hydrogens is 340 g/mol. The van der Waals surface area contributed by atoms with Crippen molar-refractivity contribution in [3.05, 3.63) is 0 Å². The Labute approximate surface area is 165 Å². The minimum absolute atomic E-state index is 0.0751. The van der Waals surface area contributed by atoms with Crippen LogP contribution in [0.3, 0.4) is 0 Å². The molecule has 1 atom stereocenters. The maximum Gasteiger partial charge on any atom is 0.225 e. The van der Waals surface area contributed by atoms with E-state index in [1.165, 1.54) is 45.7 Å². The Morgan fingerprint density at radius 3 is 2.44 bits per heavy atom. The first-order valence-corrected chi connectivity index (χ1v) is 10.7. The molecular formula is C20H40N6O. The van der Waals surface area contributed by atoms with Crippen LogP contribution in [0.25, 0.3) is 0 Å². The van der Waals surface area contributed by atoms with E-state index in [9.17, 15) is 4.79 Å². The third-order valence-electron chi connectivity index (χ3n) is 5.66. The summed E-state index contributed by atoms with van der Waals surface area (Å²) in [6.07, 6.45) is 3.36. The van der Waals surface area contributed by atoms with E-state index < -0.39 is 0 Å². The number of guanidine groups is 1. The van der Waals surface area contributed by atoms with Crippen LogP contribution in [0.4, 0.5) is 0 Å². The van der Waals surface area contributed by atoms with Gasteiger partial charge in [-0.05, 0) is 32.4 Å². The van der Waals surface area contributed by atoms with Crippen LogP contribution in [0.1, 0.15) is 40.0 Å². The number of nitrogens with one attached hydrogen (secondary N) is 2. The highest BCUT2D eigenvalue weighted by Crippen LogP contribution is 2.12. The maximum atomic E-state index is 12.1. The fourth-order valence-electron chi connectivity index (χ4n) is 3.83. The zero-order valence-corrected chi connectivity index (χ0v) is 17.8. The monoisotopic (exact) mass is 380 g/mol. The first-order chi connectivity index (χ1) is 13.0. The molecule has 0 bridgehead atoms. The number of aliphatic imine (C=N–C) groups is 1. The van der Waals surface area contributed by atoms with Crippen LogP contribution in [0.2, 0.25) is 0 Å². The van der Waals surface area contributed by atoms with Crippen molar-refractivity contribution in [2.45, 2.75) is 46.1 Å². The summed E-state index contributed by atoms with van der Waals surface area (Å²) < 4.78 is 0. The van der Waals surface area contributed by atoms with Gasteiger partial charge < -0.3 is 25.3 Å². The van der Waals surface area contributed by atoms with E-state index in [0.717, 1.165) is 38.4 Å². The highest BCUT2D eigenvalue weighted by atomic mass is 16.2. The third kappa shape index (κ3) is 7.30. The van der Waals surface area contributed by atoms with Gasteiger partial charge in [0, 0.05) is 64.8 Å². The summed E-state index contributed by atoms with van der Waals surface area (Å²) in [5.41, 5.74) is 0. The van der Waals surface area contributed by atoms with Gasteiger partial charge in [0.1, 0.15) is 0 Å². The van der Waals surface area contributed by atoms with Crippen molar-refractivity contribution < 1.29 is 4.79 Å². The van der Waals surface area contributed by atoms with E-state index in [4.69, 9.17) is 0 Å². The van der Waals surface area contributed by atoms with Gasteiger partial charge in [-0.2, -0.15) is 0 Å². The summed E-state index contributed by atoms with van der Waals surface area (Å²) in [6.45, 7) is 15.9. The Morgan fingerprint density at radius 2 is 1.81 bits per heavy atom. The zero-order valence-electron chi connectivity index (χ0n) is 17.8. The van der Waals surface area contributed by atoms with Gasteiger partial charge in [0.15, 0.2) is 5.96 Å². The lowest BCUT2D eigenvalue weighted by molar-refractivity contribution is -0.133. The average molecular weight is 381 g/mol. The van der Waals surface area contributed by atoms with Crippen molar-refractivity contribution in [2.75, 3.05) is 66.0 Å². The fraction of sp³-hybridized carbons (Fsp3) is 0.900. The van der Waals surface area contributed by atoms with E-state index >= 15 is 0 Å². The second-order valence-corrected chi connectivity index (χ2v) is 8.05. The lowest BCUT2D eigenvalue weighted by Crippen LogP contribution is -2.46. The predicted octanol–water partition coefficient (Wildman–Crippen LogP) is 0.826. The molecule has 0 aliphatic carbocycles. The summed E-state index contributed by atoms with van der Waals surface area (Å²) in [7, 11) is 1.81. The number of hydrogen-bond acceptors (Lipinski definition) is 4. The maximum absolute atomic E-state index is 12.1. The van der Waals surface area contributed by atoms with Gasteiger partial charge in [-0.1, -0.05) is 20.8 Å². The first-order valence-electron chi connectivity index (χ1n) is 10.7. The average Bonchev–Trinajstić information content (AvgIpc) is 3.15. The van der Waals surface area contributed by atoms with Crippen LogP contribution in [0.15, 0.2) is 4.99 Å². The smallest absolute Gasteiger partial charge is 0.225 e. The van der Waals surface area contributed by atoms with Gasteiger partial charge in [-0.15, -0.1) is 0 Å². The van der Waals surface area contributed by atoms with Gasteiger partial charge in [-0.25, -0.2) is 0 Å². The Balaban J connectivity index is 1.56. The Bertz CT molecular complexity index is 473. The van der Waals surface area contributed by atoms with E-state index in [-0.39, 0.29) is 11.8 Å². The predicted molar refractivity (Wildman–Crippen MR) is 112 cm³/mol. The molecule has 2 aliphatic rings. The minimum atomic E-state index is 0.0751. The minimum Gasteiger partial charge on any atom is -0.356 e. The van der Waals surface area contributed by atoms with Crippen LogP contribution in [-0.2, 0) is 4.79 Å². The molecule has 2 N–H and O–H groups in total. The van der Waals surface area contributed by atoms with E-state index in [1.54, 1.807) is 0 Å². The van der Waals surface area contributed by atoms with Crippen LogP contribution >= 0.6 is 0 Å². The third-order valence-corrected chi connectivity index (χ3v) is 5.66. The SMILES string of the molecule is CCN1CCN(CCCCNC(=NC)NC2CCN(C(=O)C(C)C)C2)CC1. The van der Waals surface area contributed by atoms with Crippen molar-refractivity contribution in [1.29, 1.82) is 0 Å². The molecule has 2 fully saturated rings. The highest BCUT2D eigenvalue weighted by molar-refractivity contribution is 5.81. The molecule has 1 unspecified atom stereocenters. The normalized spacial score (nSPS) is 22.5. The first kappa shape index (κ1) is 22.0. The summed E-state index contributed by atoms with van der Waals surface area (Å²) in [6, 6.07) is 0.300. The van der Waals surface area contributed by atoms with Crippen molar-refractivity contribution in [3.8, 4) is 0 Å². The Kier molecular flexibility index (Phi) is 9.34. The molecule has 2 heterocycles. The summed E-state index contributed by atoms with van der Waals surface area (Å²) in [5.74, 6) is 1.18. The molecule has 0 aromatic rings. The van der Waals surface area contributed by atoms with Crippen molar-refractivity contribution in [3.63, 3.8) is 0 Å². The number of nitrogens with zero attached hydrogens (tertiary/aromatic N) is 4. The van der Waals surface area contributed by atoms with Gasteiger partial charge >= 0.3 is 0 Å².